The predicted molar refractivity (Wildman–Crippen MR) is 118 cm³/mol. The molecule has 3 aromatic heterocycles. The van der Waals surface area contributed by atoms with E-state index in [1.807, 2.05) is 0 Å². The Morgan fingerprint density at radius 2 is 1.82 bits per heavy atom. The van der Waals surface area contributed by atoms with Gasteiger partial charge in [0.1, 0.15) is 11.5 Å². The van der Waals surface area contributed by atoms with Gasteiger partial charge in [-0.1, -0.05) is 17.3 Å². The zero-order valence-corrected chi connectivity index (χ0v) is 18.7. The lowest BCUT2D eigenvalue weighted by Crippen LogP contribution is -2.26. The number of hydrogen-bond acceptors (Lipinski definition) is 9. The van der Waals surface area contributed by atoms with Gasteiger partial charge in [-0.2, -0.15) is 8.78 Å². The van der Waals surface area contributed by atoms with Gasteiger partial charge in [0.05, 0.1) is 18.5 Å². The molecule has 0 bridgehead atoms. The Morgan fingerprint density at radius 3 is 2.44 bits per heavy atom. The van der Waals surface area contributed by atoms with Crippen LogP contribution in [-0.2, 0) is 10.0 Å². The molecule has 0 saturated carbocycles. The number of benzene rings is 1. The van der Waals surface area contributed by atoms with Crippen LogP contribution in [0, 0.1) is 0 Å². The molecule has 0 fully saturated rings. The fourth-order valence-electron chi connectivity index (χ4n) is 3.24. The maximum absolute atomic E-state index is 12.7. The number of alkyl halides is 2. The summed E-state index contributed by atoms with van der Waals surface area (Å²) in [4.78, 5) is 4.05. The molecule has 1 atom stereocenters. The molecule has 4 aromatic rings. The van der Waals surface area contributed by atoms with Gasteiger partial charge in [-0.3, -0.25) is 0 Å². The maximum Gasteiger partial charge on any atom is 0.314 e. The molecule has 0 saturated heterocycles. The van der Waals surface area contributed by atoms with Crippen molar-refractivity contribution in [2.45, 2.75) is 18.9 Å². The van der Waals surface area contributed by atoms with Crippen LogP contribution < -0.4 is 10.5 Å². The van der Waals surface area contributed by atoms with Crippen molar-refractivity contribution in [1.82, 2.24) is 34.9 Å². The molecule has 178 valence electrons. The monoisotopic (exact) mass is 490 g/mol. The number of nitrogens with two attached hydrogens (primary N) is 1. The Morgan fingerprint density at radius 1 is 1.09 bits per heavy atom. The quantitative estimate of drug-likeness (QED) is 0.360. The van der Waals surface area contributed by atoms with Crippen LogP contribution in [0.5, 0.6) is 0 Å². The van der Waals surface area contributed by atoms with Crippen LogP contribution in [0.1, 0.15) is 30.3 Å². The number of nitrogens with zero attached hydrogens (tertiary/aromatic N) is 6. The summed E-state index contributed by atoms with van der Waals surface area (Å²) in [7, 11) is -3.38. The molecule has 3 N–H and O–H groups in total. The highest BCUT2D eigenvalue weighted by atomic mass is 32.2. The van der Waals surface area contributed by atoms with Gasteiger partial charge in [-0.15, -0.1) is 15.3 Å². The zero-order valence-electron chi connectivity index (χ0n) is 17.8. The first-order valence-corrected chi connectivity index (χ1v) is 11.9. The minimum Gasteiger partial charge on any atom is -0.415 e. The fraction of sp³-hybridized carbons (Fsp3) is 0.250. The first-order valence-electron chi connectivity index (χ1n) is 10.00. The molecule has 0 aliphatic carbocycles. The van der Waals surface area contributed by atoms with E-state index in [9.17, 15) is 17.2 Å². The van der Waals surface area contributed by atoms with E-state index in [2.05, 4.69) is 30.2 Å². The first-order chi connectivity index (χ1) is 16.2. The maximum atomic E-state index is 12.7. The summed E-state index contributed by atoms with van der Waals surface area (Å²) in [5.74, 6) is -0.407. The van der Waals surface area contributed by atoms with Crippen LogP contribution in [0.4, 0.5) is 14.6 Å². The van der Waals surface area contributed by atoms with E-state index in [4.69, 9.17) is 10.2 Å². The summed E-state index contributed by atoms with van der Waals surface area (Å²) in [6.45, 7) is 0.158. The van der Waals surface area contributed by atoms with E-state index in [0.29, 0.717) is 23.5 Å². The predicted octanol–water partition coefficient (Wildman–Crippen LogP) is 2.44. The molecule has 0 aliphatic heterocycles. The Hall–Kier alpha value is -3.78. The smallest absolute Gasteiger partial charge is 0.314 e. The van der Waals surface area contributed by atoms with Gasteiger partial charge in [-0.05, 0) is 36.2 Å². The van der Waals surface area contributed by atoms with Crippen molar-refractivity contribution in [3.8, 4) is 22.7 Å². The van der Waals surface area contributed by atoms with Gasteiger partial charge in [0.2, 0.25) is 15.9 Å². The van der Waals surface area contributed by atoms with Crippen LogP contribution in [-0.4, -0.2) is 51.4 Å². The molecule has 0 aliphatic rings. The normalized spacial score (nSPS) is 12.8. The minimum atomic E-state index is -3.38. The molecule has 1 aromatic carbocycles. The largest absolute Gasteiger partial charge is 0.415 e. The van der Waals surface area contributed by atoms with E-state index in [1.165, 1.54) is 0 Å². The molecule has 11 nitrogen and oxygen atoms in total. The number of hydrogen-bond donors (Lipinski definition) is 2. The second kappa shape index (κ2) is 9.61. The highest BCUT2D eigenvalue weighted by Gasteiger charge is 2.20. The molecule has 34 heavy (non-hydrogen) atoms. The average Bonchev–Trinajstić information content (AvgIpc) is 3.47. The zero-order chi connectivity index (χ0) is 24.3. The van der Waals surface area contributed by atoms with Crippen molar-refractivity contribution in [2.24, 2.45) is 0 Å². The van der Waals surface area contributed by atoms with Crippen molar-refractivity contribution in [3.63, 3.8) is 0 Å². The highest BCUT2D eigenvalue weighted by molar-refractivity contribution is 7.88. The van der Waals surface area contributed by atoms with Gasteiger partial charge >= 0.3 is 6.43 Å². The molecule has 0 radical (unpaired) electrons. The minimum absolute atomic E-state index is 0.0314. The van der Waals surface area contributed by atoms with Crippen LogP contribution >= 0.6 is 0 Å². The van der Waals surface area contributed by atoms with Crippen molar-refractivity contribution in [3.05, 3.63) is 60.2 Å². The highest BCUT2D eigenvalue weighted by Crippen LogP contribution is 2.28. The SMILES string of the molecule is CS(=O)(=O)NCCC(c1ccc(-c2nnc(C(F)F)o2)cc1)n1cc(-c2ccc(N)nc2)nn1. The second-order valence-electron chi connectivity index (χ2n) is 7.39. The number of halogens is 2. The van der Waals surface area contributed by atoms with Gasteiger partial charge in [-0.25, -0.2) is 22.8 Å². The van der Waals surface area contributed by atoms with E-state index in [-0.39, 0.29) is 18.5 Å². The molecular weight excluding hydrogens is 470 g/mol. The second-order valence-corrected chi connectivity index (χ2v) is 9.23. The van der Waals surface area contributed by atoms with Crippen molar-refractivity contribution >= 4 is 15.8 Å². The van der Waals surface area contributed by atoms with Crippen molar-refractivity contribution in [2.75, 3.05) is 18.5 Å². The van der Waals surface area contributed by atoms with Crippen LogP contribution in [0.3, 0.4) is 0 Å². The van der Waals surface area contributed by atoms with E-state index >= 15 is 0 Å². The third-order valence-corrected chi connectivity index (χ3v) is 5.59. The fourth-order valence-corrected chi connectivity index (χ4v) is 3.73. The molecule has 0 amide bonds. The van der Waals surface area contributed by atoms with Gasteiger partial charge in [0, 0.05) is 23.9 Å². The third-order valence-electron chi connectivity index (χ3n) is 4.86. The van der Waals surface area contributed by atoms with Gasteiger partial charge in [0.25, 0.3) is 5.89 Å². The lowest BCUT2D eigenvalue weighted by atomic mass is 10.0. The number of anilines is 1. The molecule has 3 heterocycles. The Labute approximate surface area is 193 Å². The molecule has 4 rings (SSSR count). The van der Waals surface area contributed by atoms with Crippen molar-refractivity contribution < 1.29 is 21.6 Å². The van der Waals surface area contributed by atoms with Gasteiger partial charge in [0.15, 0.2) is 0 Å². The Bertz CT molecular complexity index is 1360. The lowest BCUT2D eigenvalue weighted by Gasteiger charge is -2.18. The van der Waals surface area contributed by atoms with E-state index in [1.54, 1.807) is 53.5 Å². The number of sulfonamides is 1. The average molecular weight is 490 g/mol. The number of aromatic nitrogens is 6. The van der Waals surface area contributed by atoms with E-state index in [0.717, 1.165) is 17.4 Å². The summed E-state index contributed by atoms with van der Waals surface area (Å²) in [6, 6.07) is 9.83. The summed E-state index contributed by atoms with van der Waals surface area (Å²) < 4.78 is 57.6. The molecule has 1 unspecified atom stereocenters. The van der Waals surface area contributed by atoms with Crippen LogP contribution in [0.25, 0.3) is 22.7 Å². The Kier molecular flexibility index (Phi) is 6.61. The molecule has 14 heteroatoms. The number of nitrogens with one attached hydrogen (secondary N) is 1. The van der Waals surface area contributed by atoms with Crippen molar-refractivity contribution in [1.29, 1.82) is 0 Å². The summed E-state index contributed by atoms with van der Waals surface area (Å²) in [5, 5.41) is 15.4. The van der Waals surface area contributed by atoms with E-state index < -0.39 is 22.3 Å². The first kappa shape index (κ1) is 23.4. The topological polar surface area (TPSA) is 155 Å². The number of nitrogen functional groups attached to an aromatic ring is 1. The third kappa shape index (κ3) is 5.58. The number of rotatable bonds is 9. The van der Waals surface area contributed by atoms with Gasteiger partial charge < -0.3 is 10.2 Å². The number of pyridine rings is 1. The summed E-state index contributed by atoms with van der Waals surface area (Å²) in [5.41, 5.74) is 8.16. The molecular formula is C20H20F2N8O3S. The molecule has 0 spiro atoms. The van der Waals surface area contributed by atoms with Crippen LogP contribution in [0.15, 0.2) is 53.2 Å². The standard InChI is InChI=1S/C20H20F2N8O3S/c1-34(31,32)25-9-8-16(30-11-15(26-29-30)14-6-7-17(23)24-10-14)12-2-4-13(5-3-12)19-27-28-20(33-19)18(21)22/h2-7,10-11,16,18,25H,8-9H2,1H3,(H2,23,24). The summed E-state index contributed by atoms with van der Waals surface area (Å²) >= 11 is 0. The Balaban J connectivity index is 1.61. The lowest BCUT2D eigenvalue weighted by molar-refractivity contribution is 0.116. The van der Waals surface area contributed by atoms with Crippen LogP contribution in [0.2, 0.25) is 0 Å². The summed E-state index contributed by atoms with van der Waals surface area (Å²) in [6.07, 6.45) is 1.89.